The highest BCUT2D eigenvalue weighted by atomic mass is 19.4. The molecule has 1 aliphatic rings. The third kappa shape index (κ3) is 4.24. The molecule has 5 rings (SSSR count). The first-order chi connectivity index (χ1) is 16.3. The highest BCUT2D eigenvalue weighted by Crippen LogP contribution is 2.38. The van der Waals surface area contributed by atoms with Crippen molar-refractivity contribution in [3.8, 4) is 16.9 Å². The summed E-state index contributed by atoms with van der Waals surface area (Å²) in [6.45, 7) is -0.0489. The predicted molar refractivity (Wildman–Crippen MR) is 125 cm³/mol. The molecule has 0 spiro atoms. The molecule has 2 N–H and O–H groups in total. The Balaban J connectivity index is 1.61. The maximum absolute atomic E-state index is 13.2. The molecule has 1 fully saturated rings. The van der Waals surface area contributed by atoms with Gasteiger partial charge in [-0.05, 0) is 51.4 Å². The lowest BCUT2D eigenvalue weighted by atomic mass is 9.96. The third-order valence-corrected chi connectivity index (χ3v) is 6.03. The van der Waals surface area contributed by atoms with Crippen LogP contribution in [0.15, 0.2) is 72.8 Å². The molecule has 34 heavy (non-hydrogen) atoms. The molecule has 1 aliphatic heterocycles. The van der Waals surface area contributed by atoms with E-state index in [1.54, 1.807) is 23.1 Å². The summed E-state index contributed by atoms with van der Waals surface area (Å²) in [5, 5.41) is 4.20. The molecule has 1 atom stereocenters. The Labute approximate surface area is 193 Å². The predicted octanol–water partition coefficient (Wildman–Crippen LogP) is 5.89. The number of rotatable bonds is 3. The van der Waals surface area contributed by atoms with Gasteiger partial charge in [0.1, 0.15) is 5.75 Å². The van der Waals surface area contributed by atoms with Crippen LogP contribution in [-0.2, 0) is 4.74 Å². The number of morpholine rings is 1. The quantitative estimate of drug-likeness (QED) is 0.383. The fourth-order valence-electron chi connectivity index (χ4n) is 4.39. The molecule has 174 valence electrons. The van der Waals surface area contributed by atoms with Gasteiger partial charge in [-0.25, -0.2) is 4.79 Å². The van der Waals surface area contributed by atoms with Gasteiger partial charge in [0.25, 0.3) is 0 Å². The first-order valence-corrected chi connectivity index (χ1v) is 10.8. The Kier molecular flexibility index (Phi) is 5.53. The van der Waals surface area contributed by atoms with E-state index in [9.17, 15) is 18.0 Å². The number of ether oxygens (including phenoxy) is 2. The van der Waals surface area contributed by atoms with Crippen LogP contribution in [0, 0.1) is 0 Å². The summed E-state index contributed by atoms with van der Waals surface area (Å²) >= 11 is 0. The number of hydrogen-bond acceptors (Lipinski definition) is 4. The average molecular weight is 466 g/mol. The van der Waals surface area contributed by atoms with Crippen LogP contribution in [-0.4, -0.2) is 38.1 Å². The van der Waals surface area contributed by atoms with Gasteiger partial charge in [0, 0.05) is 17.8 Å². The molecule has 5 nitrogen and oxygen atoms in total. The summed E-state index contributed by atoms with van der Waals surface area (Å²) in [6.07, 6.45) is -7.28. The first-order valence-electron chi connectivity index (χ1n) is 10.8. The Bertz CT molecular complexity index is 1390. The van der Waals surface area contributed by atoms with Gasteiger partial charge in [-0.15, -0.1) is 0 Å². The SMILES string of the molecule is NC(=O)Oc1ccc(N2CCOC(C(F)(F)F)C2)cc1-c1ccc2ccc3ccccc3c2c1. The molecule has 0 aliphatic carbocycles. The Morgan fingerprint density at radius 2 is 1.71 bits per heavy atom. The number of nitrogens with zero attached hydrogens (tertiary/aromatic N) is 1. The van der Waals surface area contributed by atoms with Crippen LogP contribution in [0.2, 0.25) is 0 Å². The molecule has 1 unspecified atom stereocenters. The number of amides is 1. The minimum atomic E-state index is -4.45. The van der Waals surface area contributed by atoms with Crippen molar-refractivity contribution in [1.82, 2.24) is 0 Å². The fourth-order valence-corrected chi connectivity index (χ4v) is 4.39. The molecule has 0 bridgehead atoms. The number of carbonyl (C=O) groups excluding carboxylic acids is 1. The number of anilines is 1. The van der Waals surface area contributed by atoms with Gasteiger partial charge in [-0.2, -0.15) is 13.2 Å². The monoisotopic (exact) mass is 466 g/mol. The number of nitrogens with two attached hydrogens (primary N) is 1. The lowest BCUT2D eigenvalue weighted by Crippen LogP contribution is -2.49. The first kappa shape index (κ1) is 22.0. The van der Waals surface area contributed by atoms with E-state index in [0.29, 0.717) is 17.8 Å². The van der Waals surface area contributed by atoms with E-state index in [0.717, 1.165) is 27.1 Å². The van der Waals surface area contributed by atoms with Crippen LogP contribution in [0.1, 0.15) is 0 Å². The van der Waals surface area contributed by atoms with E-state index in [-0.39, 0.29) is 18.9 Å². The highest BCUT2D eigenvalue weighted by molar-refractivity contribution is 6.08. The molecule has 8 heteroatoms. The fraction of sp³-hybridized carbons (Fsp3) is 0.192. The molecule has 1 heterocycles. The number of halogens is 3. The van der Waals surface area contributed by atoms with E-state index in [4.69, 9.17) is 15.2 Å². The third-order valence-electron chi connectivity index (χ3n) is 6.03. The molecule has 1 saturated heterocycles. The van der Waals surface area contributed by atoms with Crippen LogP contribution in [0.5, 0.6) is 5.75 Å². The molecular formula is C26H21F3N2O3. The molecule has 1 amide bonds. The van der Waals surface area contributed by atoms with Crippen molar-refractivity contribution in [3.05, 3.63) is 72.8 Å². The smallest absolute Gasteiger partial charge is 0.410 e. The van der Waals surface area contributed by atoms with E-state index in [1.165, 1.54) is 0 Å². The Hall–Kier alpha value is -3.78. The van der Waals surface area contributed by atoms with Crippen molar-refractivity contribution in [2.24, 2.45) is 5.73 Å². The van der Waals surface area contributed by atoms with Crippen LogP contribution >= 0.6 is 0 Å². The second kappa shape index (κ2) is 8.53. The second-order valence-corrected chi connectivity index (χ2v) is 8.17. The zero-order valence-electron chi connectivity index (χ0n) is 18.0. The minimum Gasteiger partial charge on any atom is -0.410 e. The van der Waals surface area contributed by atoms with Crippen molar-refractivity contribution in [2.75, 3.05) is 24.6 Å². The number of carbonyl (C=O) groups is 1. The van der Waals surface area contributed by atoms with Gasteiger partial charge in [-0.3, -0.25) is 0 Å². The summed E-state index contributed by atoms with van der Waals surface area (Å²) in [5.74, 6) is 0.233. The largest absolute Gasteiger partial charge is 0.416 e. The normalized spacial score (nSPS) is 16.7. The van der Waals surface area contributed by atoms with E-state index < -0.39 is 18.4 Å². The van der Waals surface area contributed by atoms with Crippen LogP contribution in [0.25, 0.3) is 32.7 Å². The standard InChI is InChI=1S/C26H21F3N2O3/c27-26(28,29)24-15-31(11-12-33-24)19-9-10-23(34-25(30)32)22(14-19)18-8-7-17-6-5-16-3-1-2-4-20(16)21(17)13-18/h1-10,13-14,24H,11-12,15H2,(H2,30,32). The lowest BCUT2D eigenvalue weighted by Gasteiger charge is -2.35. The number of primary amides is 1. The average Bonchev–Trinajstić information content (AvgIpc) is 2.83. The summed E-state index contributed by atoms with van der Waals surface area (Å²) in [6, 6.07) is 22.8. The summed E-state index contributed by atoms with van der Waals surface area (Å²) in [7, 11) is 0. The van der Waals surface area contributed by atoms with Gasteiger partial charge in [0.2, 0.25) is 0 Å². The Morgan fingerprint density at radius 1 is 0.971 bits per heavy atom. The molecule has 0 saturated carbocycles. The molecule has 4 aromatic carbocycles. The van der Waals surface area contributed by atoms with Crippen LogP contribution in [0.3, 0.4) is 0 Å². The highest BCUT2D eigenvalue weighted by Gasteiger charge is 2.43. The summed E-state index contributed by atoms with van der Waals surface area (Å²) < 4.78 is 49.9. The topological polar surface area (TPSA) is 64.8 Å². The van der Waals surface area contributed by atoms with Gasteiger partial charge < -0.3 is 20.1 Å². The van der Waals surface area contributed by atoms with Crippen molar-refractivity contribution in [1.29, 1.82) is 0 Å². The maximum Gasteiger partial charge on any atom is 0.416 e. The molecule has 4 aromatic rings. The van der Waals surface area contributed by atoms with Crippen molar-refractivity contribution < 1.29 is 27.4 Å². The summed E-state index contributed by atoms with van der Waals surface area (Å²) in [5.41, 5.74) is 7.15. The van der Waals surface area contributed by atoms with Crippen molar-refractivity contribution in [2.45, 2.75) is 12.3 Å². The number of alkyl halides is 3. The van der Waals surface area contributed by atoms with Gasteiger partial charge in [-0.1, -0.05) is 48.5 Å². The second-order valence-electron chi connectivity index (χ2n) is 8.17. The number of hydrogen-bond donors (Lipinski definition) is 1. The minimum absolute atomic E-state index is 0.0407. The van der Waals surface area contributed by atoms with Crippen molar-refractivity contribution in [3.63, 3.8) is 0 Å². The van der Waals surface area contributed by atoms with E-state index >= 15 is 0 Å². The van der Waals surface area contributed by atoms with Crippen LogP contribution < -0.4 is 15.4 Å². The molecule has 0 aromatic heterocycles. The maximum atomic E-state index is 13.2. The molecular weight excluding hydrogens is 445 g/mol. The van der Waals surface area contributed by atoms with Gasteiger partial charge in [0.15, 0.2) is 6.10 Å². The van der Waals surface area contributed by atoms with Gasteiger partial charge in [0.05, 0.1) is 13.2 Å². The molecule has 0 radical (unpaired) electrons. The Morgan fingerprint density at radius 3 is 2.47 bits per heavy atom. The van der Waals surface area contributed by atoms with E-state index in [2.05, 4.69) is 6.07 Å². The van der Waals surface area contributed by atoms with Crippen LogP contribution in [0.4, 0.5) is 23.7 Å². The zero-order valence-corrected chi connectivity index (χ0v) is 18.0. The van der Waals surface area contributed by atoms with Crippen molar-refractivity contribution >= 4 is 33.3 Å². The lowest BCUT2D eigenvalue weighted by molar-refractivity contribution is -0.221. The zero-order chi connectivity index (χ0) is 23.9. The van der Waals surface area contributed by atoms with Gasteiger partial charge >= 0.3 is 12.3 Å². The van der Waals surface area contributed by atoms with E-state index in [1.807, 2.05) is 48.5 Å². The number of fused-ring (bicyclic) bond motifs is 3. The number of benzene rings is 4. The summed E-state index contributed by atoms with van der Waals surface area (Å²) in [4.78, 5) is 13.1.